The van der Waals surface area contributed by atoms with E-state index in [0.717, 1.165) is 73.9 Å². The molecule has 0 aliphatic carbocycles. The van der Waals surface area contributed by atoms with Crippen molar-refractivity contribution in [1.82, 2.24) is 15.3 Å². The van der Waals surface area contributed by atoms with Crippen molar-refractivity contribution in [3.63, 3.8) is 0 Å². The Kier molecular flexibility index (Phi) is 8.07. The molecule has 3 N–H and O–H groups in total. The third-order valence-electron chi connectivity index (χ3n) is 6.27. The summed E-state index contributed by atoms with van der Waals surface area (Å²) in [7, 11) is 0. The molecule has 0 saturated heterocycles. The highest BCUT2D eigenvalue weighted by Crippen LogP contribution is 2.22. The number of aryl methyl sites for hydroxylation is 2. The lowest BCUT2D eigenvalue weighted by molar-refractivity contribution is -0.137. The molecule has 4 rings (SSSR count). The number of unbranched alkanes of at least 4 members (excludes halogenated alkanes) is 3. The van der Waals surface area contributed by atoms with Crippen LogP contribution in [0.25, 0.3) is 10.9 Å². The Morgan fingerprint density at radius 3 is 2.82 bits per heavy atom. The fourth-order valence-electron chi connectivity index (χ4n) is 4.43. The number of nitrogens with zero attached hydrogens (tertiary/aromatic N) is 2. The van der Waals surface area contributed by atoms with Gasteiger partial charge in [0.05, 0.1) is 18.0 Å². The number of nitrogens with one attached hydrogen (secondary N) is 2. The number of hydrogen-bond acceptors (Lipinski definition) is 5. The van der Waals surface area contributed by atoms with E-state index in [1.54, 1.807) is 6.20 Å². The molecule has 7 heteroatoms. The zero-order valence-corrected chi connectivity index (χ0v) is 19.4. The Bertz CT molecular complexity index is 1150. The van der Waals surface area contributed by atoms with Gasteiger partial charge in [0.25, 0.3) is 0 Å². The van der Waals surface area contributed by atoms with Gasteiger partial charge in [-0.25, -0.2) is 4.98 Å². The van der Waals surface area contributed by atoms with Gasteiger partial charge in [-0.15, -0.1) is 0 Å². The molecule has 0 bridgehead atoms. The van der Waals surface area contributed by atoms with Crippen molar-refractivity contribution >= 4 is 28.6 Å². The van der Waals surface area contributed by atoms with Crippen molar-refractivity contribution in [1.29, 1.82) is 0 Å². The first-order chi connectivity index (χ1) is 16.6. The third kappa shape index (κ3) is 6.53. The maximum absolute atomic E-state index is 12.5. The maximum Gasteiger partial charge on any atom is 0.305 e. The molecule has 2 aromatic heterocycles. The number of amides is 1. The van der Waals surface area contributed by atoms with E-state index < -0.39 is 12.0 Å². The monoisotopic (exact) mass is 460 g/mol. The van der Waals surface area contributed by atoms with Crippen LogP contribution >= 0.6 is 0 Å². The lowest BCUT2D eigenvalue weighted by Gasteiger charge is -2.18. The highest BCUT2D eigenvalue weighted by atomic mass is 16.4. The summed E-state index contributed by atoms with van der Waals surface area (Å²) in [5.41, 5.74) is 3.98. The number of rotatable bonds is 11. The number of carboxylic acid groups (broad SMARTS) is 1. The topological polar surface area (TPSA) is 104 Å². The van der Waals surface area contributed by atoms with Crippen LogP contribution in [0.2, 0.25) is 0 Å². The molecule has 1 amide bonds. The molecule has 0 saturated carbocycles. The van der Waals surface area contributed by atoms with Gasteiger partial charge in [0.2, 0.25) is 5.91 Å². The predicted octanol–water partition coefficient (Wildman–Crippen LogP) is 4.81. The SMILES string of the molecule is O=C(O)CC(NC(=O)CCCCCCc1ccc2c(n1)NCCC2)c1cnc2ccccc2c1. The standard InChI is InChI=1S/C27H32N4O3/c32-25(12-4-2-1-3-10-22-14-13-19-9-7-15-28-27(19)30-22)31-24(17-26(33)34)21-16-20-8-5-6-11-23(20)29-18-21/h5-6,8,11,13-14,16,18,24H,1-4,7,9-10,12,15,17H2,(H,28,30)(H,31,32)(H,33,34). The molecule has 0 fully saturated rings. The van der Waals surface area contributed by atoms with Crippen LogP contribution in [0.1, 0.15) is 67.8 Å². The maximum atomic E-state index is 12.5. The summed E-state index contributed by atoms with van der Waals surface area (Å²) in [6, 6.07) is 13.3. The van der Waals surface area contributed by atoms with E-state index in [1.807, 2.05) is 30.3 Å². The second kappa shape index (κ2) is 11.6. The minimum Gasteiger partial charge on any atom is -0.481 e. The summed E-state index contributed by atoms with van der Waals surface area (Å²) in [5, 5.41) is 16.5. The fourth-order valence-corrected chi connectivity index (χ4v) is 4.43. The van der Waals surface area contributed by atoms with Gasteiger partial charge in [-0.1, -0.05) is 37.1 Å². The molecule has 178 valence electrons. The zero-order chi connectivity index (χ0) is 23.8. The normalized spacial score (nSPS) is 13.6. The summed E-state index contributed by atoms with van der Waals surface area (Å²) in [6.45, 7) is 0.996. The minimum absolute atomic E-state index is 0.123. The van der Waals surface area contributed by atoms with E-state index in [-0.39, 0.29) is 12.3 Å². The number of carbonyl (C=O) groups is 2. The van der Waals surface area contributed by atoms with Crippen LogP contribution in [0, 0.1) is 0 Å². The number of pyridine rings is 2. The van der Waals surface area contributed by atoms with Crippen molar-refractivity contribution in [3.8, 4) is 0 Å². The van der Waals surface area contributed by atoms with Gasteiger partial charge in [0.1, 0.15) is 5.82 Å². The van der Waals surface area contributed by atoms with E-state index in [1.165, 1.54) is 5.56 Å². The molecule has 34 heavy (non-hydrogen) atoms. The van der Waals surface area contributed by atoms with Crippen LogP contribution in [0.5, 0.6) is 0 Å². The number of fused-ring (bicyclic) bond motifs is 2. The Morgan fingerprint density at radius 1 is 1.09 bits per heavy atom. The highest BCUT2D eigenvalue weighted by Gasteiger charge is 2.19. The van der Waals surface area contributed by atoms with Crippen LogP contribution in [0.3, 0.4) is 0 Å². The van der Waals surface area contributed by atoms with Crippen molar-refractivity contribution in [2.75, 3.05) is 11.9 Å². The van der Waals surface area contributed by atoms with E-state index >= 15 is 0 Å². The van der Waals surface area contributed by atoms with E-state index in [9.17, 15) is 14.7 Å². The second-order valence-corrected chi connectivity index (χ2v) is 8.93. The first-order valence-electron chi connectivity index (χ1n) is 12.2. The average Bonchev–Trinajstić information content (AvgIpc) is 2.85. The number of carboxylic acids is 1. The van der Waals surface area contributed by atoms with Crippen LogP contribution < -0.4 is 10.6 Å². The molecule has 7 nitrogen and oxygen atoms in total. The fraction of sp³-hybridized carbons (Fsp3) is 0.407. The molecule has 3 aromatic rings. The summed E-state index contributed by atoms with van der Waals surface area (Å²) in [4.78, 5) is 33.0. The number of hydrogen-bond donors (Lipinski definition) is 3. The summed E-state index contributed by atoms with van der Waals surface area (Å²) >= 11 is 0. The quantitative estimate of drug-likeness (QED) is 0.355. The average molecular weight is 461 g/mol. The van der Waals surface area contributed by atoms with E-state index in [2.05, 4.69) is 27.8 Å². The van der Waals surface area contributed by atoms with Crippen molar-refractivity contribution in [3.05, 3.63) is 65.5 Å². The minimum atomic E-state index is -0.954. The highest BCUT2D eigenvalue weighted by molar-refractivity contribution is 5.80. The third-order valence-corrected chi connectivity index (χ3v) is 6.27. The largest absolute Gasteiger partial charge is 0.481 e. The molecule has 1 atom stereocenters. The van der Waals surface area contributed by atoms with E-state index in [4.69, 9.17) is 4.98 Å². The van der Waals surface area contributed by atoms with Gasteiger partial charge in [0, 0.05) is 30.2 Å². The molecule has 0 radical (unpaired) electrons. The zero-order valence-electron chi connectivity index (χ0n) is 19.4. The van der Waals surface area contributed by atoms with Crippen molar-refractivity contribution in [2.24, 2.45) is 0 Å². The Hall–Kier alpha value is -3.48. The lowest BCUT2D eigenvalue weighted by atomic mass is 10.0. The second-order valence-electron chi connectivity index (χ2n) is 8.93. The number of anilines is 1. The Labute approximate surface area is 200 Å². The Balaban J connectivity index is 1.21. The number of carbonyl (C=O) groups excluding carboxylic acids is 1. The summed E-state index contributed by atoms with van der Waals surface area (Å²) in [5.74, 6) is -0.0377. The number of benzene rings is 1. The summed E-state index contributed by atoms with van der Waals surface area (Å²) in [6.07, 6.45) is 8.88. The molecule has 3 heterocycles. The predicted molar refractivity (Wildman–Crippen MR) is 133 cm³/mol. The number of para-hydroxylation sites is 1. The number of aromatic nitrogens is 2. The van der Waals surface area contributed by atoms with Gasteiger partial charge in [0.15, 0.2) is 0 Å². The van der Waals surface area contributed by atoms with Gasteiger partial charge in [-0.2, -0.15) is 0 Å². The van der Waals surface area contributed by atoms with Gasteiger partial charge < -0.3 is 15.7 Å². The van der Waals surface area contributed by atoms with Gasteiger partial charge >= 0.3 is 5.97 Å². The smallest absolute Gasteiger partial charge is 0.305 e. The van der Waals surface area contributed by atoms with Crippen molar-refractivity contribution in [2.45, 2.75) is 63.8 Å². The number of aliphatic carboxylic acids is 1. The molecule has 0 spiro atoms. The molecule has 1 aliphatic heterocycles. The first kappa shape index (κ1) is 23.7. The first-order valence-corrected chi connectivity index (χ1v) is 12.2. The molecule has 1 aliphatic rings. The van der Waals surface area contributed by atoms with Crippen LogP contribution in [-0.2, 0) is 22.4 Å². The lowest BCUT2D eigenvalue weighted by Crippen LogP contribution is -2.30. The van der Waals surface area contributed by atoms with Gasteiger partial charge in [-0.05, 0) is 61.4 Å². The molecular formula is C27H32N4O3. The van der Waals surface area contributed by atoms with E-state index in [0.29, 0.717) is 12.0 Å². The van der Waals surface area contributed by atoms with Crippen LogP contribution in [-0.4, -0.2) is 33.5 Å². The van der Waals surface area contributed by atoms with Gasteiger partial charge in [-0.3, -0.25) is 14.6 Å². The molecule has 1 aromatic carbocycles. The van der Waals surface area contributed by atoms with Crippen LogP contribution in [0.15, 0.2) is 48.7 Å². The molecular weight excluding hydrogens is 428 g/mol. The molecule has 1 unspecified atom stereocenters. The van der Waals surface area contributed by atoms with Crippen LogP contribution in [0.4, 0.5) is 5.82 Å². The summed E-state index contributed by atoms with van der Waals surface area (Å²) < 4.78 is 0. The van der Waals surface area contributed by atoms with Crippen molar-refractivity contribution < 1.29 is 14.7 Å². The Morgan fingerprint density at radius 2 is 1.94 bits per heavy atom.